The molecule has 164 valence electrons. The summed E-state index contributed by atoms with van der Waals surface area (Å²) in [6, 6.07) is 13.1. The van der Waals surface area contributed by atoms with Crippen molar-refractivity contribution >= 4 is 22.8 Å². The molecule has 2 aromatic heterocycles. The van der Waals surface area contributed by atoms with Crippen LogP contribution in [0.1, 0.15) is 11.4 Å². The second-order valence-corrected chi connectivity index (χ2v) is 7.58. The molecule has 1 aliphatic rings. The maximum absolute atomic E-state index is 13.3. The average Bonchev–Trinajstić information content (AvgIpc) is 3.26. The summed E-state index contributed by atoms with van der Waals surface area (Å²) in [4.78, 5) is 27.3. The molecule has 1 N–H and O–H groups in total. The predicted molar refractivity (Wildman–Crippen MR) is 115 cm³/mol. The molecule has 0 bridgehead atoms. The molecular formula is C22H21FN6O3. The van der Waals surface area contributed by atoms with Gasteiger partial charge in [0.1, 0.15) is 5.82 Å². The van der Waals surface area contributed by atoms with Crippen molar-refractivity contribution in [3.8, 4) is 0 Å². The minimum atomic E-state index is -0.410. The lowest BCUT2D eigenvalue weighted by molar-refractivity contribution is 0.0895. The van der Waals surface area contributed by atoms with Crippen LogP contribution >= 0.6 is 0 Å². The molecule has 0 spiro atoms. The van der Waals surface area contributed by atoms with E-state index in [-0.39, 0.29) is 24.5 Å². The molecule has 0 radical (unpaired) electrons. The molecule has 3 heterocycles. The molecule has 0 aliphatic carbocycles. The number of hydrogen-bond acceptors (Lipinski definition) is 6. The topological polar surface area (TPSA) is 93.8 Å². The van der Waals surface area contributed by atoms with Gasteiger partial charge in [0.2, 0.25) is 5.78 Å². The smallest absolute Gasteiger partial charge is 0.410 e. The van der Waals surface area contributed by atoms with Gasteiger partial charge in [-0.25, -0.2) is 9.18 Å². The first-order valence-corrected chi connectivity index (χ1v) is 10.3. The Labute approximate surface area is 182 Å². The van der Waals surface area contributed by atoms with Crippen molar-refractivity contribution in [2.45, 2.75) is 13.2 Å². The van der Waals surface area contributed by atoms with Gasteiger partial charge in [0, 0.05) is 26.2 Å². The summed E-state index contributed by atoms with van der Waals surface area (Å²) in [6.07, 6.45) is -0.410. The van der Waals surface area contributed by atoms with Gasteiger partial charge in [-0.3, -0.25) is 13.8 Å². The second-order valence-electron chi connectivity index (χ2n) is 7.58. The van der Waals surface area contributed by atoms with Crippen LogP contribution in [0.3, 0.4) is 0 Å². The van der Waals surface area contributed by atoms with Gasteiger partial charge in [-0.2, -0.15) is 0 Å². The van der Waals surface area contributed by atoms with Crippen LogP contribution < -0.4 is 10.9 Å². The van der Waals surface area contributed by atoms with Crippen LogP contribution in [0.15, 0.2) is 53.3 Å². The molecule has 1 saturated heterocycles. The van der Waals surface area contributed by atoms with E-state index in [1.807, 2.05) is 6.07 Å². The highest BCUT2D eigenvalue weighted by Crippen LogP contribution is 2.17. The number of nitrogens with one attached hydrogen (secondary N) is 1. The van der Waals surface area contributed by atoms with Gasteiger partial charge in [-0.05, 0) is 29.8 Å². The van der Waals surface area contributed by atoms with Gasteiger partial charge in [0.15, 0.2) is 12.4 Å². The number of rotatable bonds is 4. The van der Waals surface area contributed by atoms with Crippen LogP contribution in [-0.2, 0) is 17.9 Å². The summed E-state index contributed by atoms with van der Waals surface area (Å²) in [5.41, 5.74) is 1.15. The van der Waals surface area contributed by atoms with E-state index in [0.29, 0.717) is 35.6 Å². The number of halogens is 1. The molecule has 4 aromatic rings. The number of amides is 1. The summed E-state index contributed by atoms with van der Waals surface area (Å²) in [6.45, 7) is 2.74. The number of para-hydroxylation sites is 1. The van der Waals surface area contributed by atoms with Gasteiger partial charge in [0.05, 0.1) is 17.4 Å². The van der Waals surface area contributed by atoms with E-state index >= 15 is 0 Å². The van der Waals surface area contributed by atoms with E-state index in [0.717, 1.165) is 18.7 Å². The van der Waals surface area contributed by atoms with E-state index in [1.54, 1.807) is 39.6 Å². The number of aromatic nitrogens is 4. The fourth-order valence-electron chi connectivity index (χ4n) is 3.89. The van der Waals surface area contributed by atoms with Crippen molar-refractivity contribution in [3.05, 3.63) is 76.1 Å². The Hall–Kier alpha value is -3.79. The average molecular weight is 436 g/mol. The highest BCUT2D eigenvalue weighted by atomic mass is 19.1. The van der Waals surface area contributed by atoms with Crippen molar-refractivity contribution in [2.24, 2.45) is 0 Å². The number of nitrogens with zero attached hydrogens (tertiary/aromatic N) is 5. The third-order valence-electron chi connectivity index (χ3n) is 5.53. The monoisotopic (exact) mass is 436 g/mol. The van der Waals surface area contributed by atoms with Gasteiger partial charge in [0.25, 0.3) is 5.56 Å². The first-order chi connectivity index (χ1) is 15.6. The Bertz CT molecular complexity index is 1340. The molecule has 2 aromatic carbocycles. The maximum atomic E-state index is 13.3. The van der Waals surface area contributed by atoms with Crippen molar-refractivity contribution in [1.82, 2.24) is 29.4 Å². The Balaban J connectivity index is 1.54. The fourth-order valence-corrected chi connectivity index (χ4v) is 3.89. The number of piperazine rings is 1. The van der Waals surface area contributed by atoms with Crippen LogP contribution in [-0.4, -0.2) is 56.3 Å². The third-order valence-corrected chi connectivity index (χ3v) is 5.53. The fraction of sp³-hybridized carbons (Fsp3) is 0.273. The highest BCUT2D eigenvalue weighted by Gasteiger charge is 2.21. The Morgan fingerprint density at radius 1 is 1.06 bits per heavy atom. The number of carbonyl (C=O) groups is 1. The van der Waals surface area contributed by atoms with Gasteiger partial charge in [-0.15, -0.1) is 10.2 Å². The number of carbonyl (C=O) groups excluding carboxylic acids is 1. The van der Waals surface area contributed by atoms with E-state index in [2.05, 4.69) is 15.5 Å². The third kappa shape index (κ3) is 3.69. The molecule has 1 aliphatic heterocycles. The number of hydrogen-bond donors (Lipinski definition) is 1. The molecular weight excluding hydrogens is 415 g/mol. The van der Waals surface area contributed by atoms with Crippen LogP contribution in [0, 0.1) is 5.82 Å². The molecule has 0 saturated carbocycles. The van der Waals surface area contributed by atoms with Crippen molar-refractivity contribution in [2.75, 3.05) is 26.2 Å². The minimum absolute atomic E-state index is 0.0807. The lowest BCUT2D eigenvalue weighted by Crippen LogP contribution is -2.46. The van der Waals surface area contributed by atoms with Crippen molar-refractivity contribution in [1.29, 1.82) is 0 Å². The molecule has 32 heavy (non-hydrogen) atoms. The zero-order chi connectivity index (χ0) is 22.1. The van der Waals surface area contributed by atoms with Crippen LogP contribution in [0.5, 0.6) is 0 Å². The normalized spacial score (nSPS) is 14.2. The molecule has 1 fully saturated rings. The number of ether oxygens (including phenoxy) is 1. The van der Waals surface area contributed by atoms with E-state index in [9.17, 15) is 14.0 Å². The van der Waals surface area contributed by atoms with E-state index in [1.165, 1.54) is 16.7 Å². The Morgan fingerprint density at radius 2 is 1.81 bits per heavy atom. The van der Waals surface area contributed by atoms with Gasteiger partial charge in [-0.1, -0.05) is 24.3 Å². The summed E-state index contributed by atoms with van der Waals surface area (Å²) < 4.78 is 22.0. The summed E-state index contributed by atoms with van der Waals surface area (Å²) in [7, 11) is 0. The lowest BCUT2D eigenvalue weighted by Gasteiger charge is -2.26. The molecule has 5 rings (SSSR count). The quantitative estimate of drug-likeness (QED) is 0.524. The zero-order valence-corrected chi connectivity index (χ0v) is 17.2. The molecule has 0 unspecified atom stereocenters. The maximum Gasteiger partial charge on any atom is 0.410 e. The molecule has 10 heteroatoms. The lowest BCUT2D eigenvalue weighted by atomic mass is 10.2. The van der Waals surface area contributed by atoms with Gasteiger partial charge < -0.3 is 15.0 Å². The van der Waals surface area contributed by atoms with Crippen molar-refractivity contribution in [3.63, 3.8) is 0 Å². The standard InChI is InChI=1S/C22H21FN6O3/c23-16-7-5-15(6-8-16)13-28-20(30)17-3-1-2-4-18(17)29-19(25-26-21(28)29)14-32-22(31)27-11-9-24-10-12-27/h1-8,24H,9-14H2. The minimum Gasteiger partial charge on any atom is -0.441 e. The summed E-state index contributed by atoms with van der Waals surface area (Å²) in [5.74, 6) is 0.389. The number of fused-ring (bicyclic) bond motifs is 3. The van der Waals surface area contributed by atoms with E-state index < -0.39 is 6.09 Å². The number of benzene rings is 2. The second kappa shape index (κ2) is 8.39. The predicted octanol–water partition coefficient (Wildman–Crippen LogP) is 1.77. The van der Waals surface area contributed by atoms with Crippen LogP contribution in [0.2, 0.25) is 0 Å². The SMILES string of the molecule is O=C(OCc1nnc2n(Cc3ccc(F)cc3)c(=O)c3ccccc3n12)N1CCNCC1. The summed E-state index contributed by atoms with van der Waals surface area (Å²) >= 11 is 0. The zero-order valence-electron chi connectivity index (χ0n) is 17.2. The van der Waals surface area contributed by atoms with Gasteiger partial charge >= 0.3 is 6.09 Å². The largest absolute Gasteiger partial charge is 0.441 e. The first kappa shape index (κ1) is 20.1. The molecule has 1 amide bonds. The van der Waals surface area contributed by atoms with E-state index in [4.69, 9.17) is 4.74 Å². The Kier molecular flexibility index (Phi) is 5.28. The Morgan fingerprint density at radius 3 is 2.59 bits per heavy atom. The van der Waals surface area contributed by atoms with Crippen LogP contribution in [0.4, 0.5) is 9.18 Å². The highest BCUT2D eigenvalue weighted by molar-refractivity contribution is 5.80. The molecule has 9 nitrogen and oxygen atoms in total. The van der Waals surface area contributed by atoms with Crippen LogP contribution in [0.25, 0.3) is 16.7 Å². The van der Waals surface area contributed by atoms with Crippen molar-refractivity contribution < 1.29 is 13.9 Å². The first-order valence-electron chi connectivity index (χ1n) is 10.3. The summed E-state index contributed by atoms with van der Waals surface area (Å²) in [5, 5.41) is 12.1. The molecule has 0 atom stereocenters.